The molecule has 0 aliphatic rings. The SMILES string of the molecule is CCOC(=O)c1cc(-c2ccccc2C)nn1-c1ccccc1. The quantitative estimate of drug-likeness (QED) is 0.684. The average Bonchev–Trinajstić information content (AvgIpc) is 3.01. The van der Waals surface area contributed by atoms with Gasteiger partial charge in [0, 0.05) is 5.56 Å². The van der Waals surface area contributed by atoms with Crippen LogP contribution in [0.4, 0.5) is 0 Å². The molecule has 4 heteroatoms. The molecule has 0 N–H and O–H groups in total. The van der Waals surface area contributed by atoms with E-state index in [0.29, 0.717) is 12.3 Å². The molecule has 0 atom stereocenters. The summed E-state index contributed by atoms with van der Waals surface area (Å²) in [5, 5.41) is 4.63. The van der Waals surface area contributed by atoms with E-state index in [0.717, 1.165) is 22.5 Å². The minimum atomic E-state index is -0.372. The second kappa shape index (κ2) is 6.48. The van der Waals surface area contributed by atoms with E-state index in [9.17, 15) is 4.79 Å². The Balaban J connectivity index is 2.14. The van der Waals surface area contributed by atoms with Gasteiger partial charge in [-0.25, -0.2) is 9.48 Å². The van der Waals surface area contributed by atoms with E-state index < -0.39 is 0 Å². The van der Waals surface area contributed by atoms with Crippen LogP contribution in [0.1, 0.15) is 23.0 Å². The smallest absolute Gasteiger partial charge is 0.357 e. The van der Waals surface area contributed by atoms with Crippen LogP contribution in [0, 0.1) is 6.92 Å². The van der Waals surface area contributed by atoms with Gasteiger partial charge >= 0.3 is 5.97 Å². The zero-order valence-corrected chi connectivity index (χ0v) is 13.2. The zero-order valence-electron chi connectivity index (χ0n) is 13.2. The van der Waals surface area contributed by atoms with Crippen molar-refractivity contribution in [3.63, 3.8) is 0 Å². The van der Waals surface area contributed by atoms with Gasteiger partial charge in [-0.2, -0.15) is 5.10 Å². The number of ether oxygens (including phenoxy) is 1. The Morgan fingerprint density at radius 3 is 2.48 bits per heavy atom. The molecule has 0 saturated heterocycles. The molecule has 0 aliphatic heterocycles. The third-order valence-corrected chi connectivity index (χ3v) is 3.62. The van der Waals surface area contributed by atoms with Gasteiger partial charge in [0.1, 0.15) is 0 Å². The lowest BCUT2D eigenvalue weighted by atomic mass is 10.1. The fourth-order valence-corrected chi connectivity index (χ4v) is 2.49. The molecule has 3 aromatic rings. The van der Waals surface area contributed by atoms with Crippen LogP contribution >= 0.6 is 0 Å². The summed E-state index contributed by atoms with van der Waals surface area (Å²) in [5.41, 5.74) is 4.13. The van der Waals surface area contributed by atoms with Crippen molar-refractivity contribution in [1.29, 1.82) is 0 Å². The normalized spacial score (nSPS) is 10.5. The van der Waals surface area contributed by atoms with Crippen molar-refractivity contribution < 1.29 is 9.53 Å². The van der Waals surface area contributed by atoms with Crippen molar-refractivity contribution in [2.45, 2.75) is 13.8 Å². The molecule has 0 bridgehead atoms. The first-order valence-corrected chi connectivity index (χ1v) is 7.59. The van der Waals surface area contributed by atoms with Gasteiger partial charge in [0.25, 0.3) is 0 Å². The lowest BCUT2D eigenvalue weighted by Gasteiger charge is -2.06. The van der Waals surface area contributed by atoms with Crippen LogP contribution in [-0.4, -0.2) is 22.4 Å². The predicted octanol–water partition coefficient (Wildman–Crippen LogP) is 4.02. The van der Waals surface area contributed by atoms with Crippen molar-refractivity contribution in [3.8, 4) is 16.9 Å². The minimum Gasteiger partial charge on any atom is -0.461 e. The Labute approximate surface area is 135 Å². The van der Waals surface area contributed by atoms with E-state index >= 15 is 0 Å². The van der Waals surface area contributed by atoms with Gasteiger partial charge in [-0.3, -0.25) is 0 Å². The molecular formula is C19H18N2O2. The van der Waals surface area contributed by atoms with Gasteiger partial charge in [-0.15, -0.1) is 0 Å². The number of hydrogen-bond acceptors (Lipinski definition) is 3. The van der Waals surface area contributed by atoms with Crippen LogP contribution in [0.2, 0.25) is 0 Å². The predicted molar refractivity (Wildman–Crippen MR) is 89.7 cm³/mol. The monoisotopic (exact) mass is 306 g/mol. The lowest BCUT2D eigenvalue weighted by molar-refractivity contribution is 0.0516. The number of para-hydroxylation sites is 1. The largest absolute Gasteiger partial charge is 0.461 e. The van der Waals surface area contributed by atoms with Crippen LogP contribution in [0.3, 0.4) is 0 Å². The number of aromatic nitrogens is 2. The summed E-state index contributed by atoms with van der Waals surface area (Å²) in [6.45, 7) is 4.16. The second-order valence-electron chi connectivity index (χ2n) is 5.20. The highest BCUT2D eigenvalue weighted by molar-refractivity contribution is 5.90. The summed E-state index contributed by atoms with van der Waals surface area (Å²) in [6.07, 6.45) is 0. The van der Waals surface area contributed by atoms with E-state index in [-0.39, 0.29) is 5.97 Å². The van der Waals surface area contributed by atoms with Crippen molar-refractivity contribution in [3.05, 3.63) is 71.9 Å². The van der Waals surface area contributed by atoms with E-state index in [1.54, 1.807) is 17.7 Å². The minimum absolute atomic E-state index is 0.332. The maximum absolute atomic E-state index is 12.3. The maximum atomic E-state index is 12.3. The van der Waals surface area contributed by atoms with E-state index in [2.05, 4.69) is 5.10 Å². The molecule has 1 aromatic heterocycles. The number of carbonyl (C=O) groups excluding carboxylic acids is 1. The van der Waals surface area contributed by atoms with Crippen LogP contribution < -0.4 is 0 Å². The number of esters is 1. The molecule has 1 heterocycles. The lowest BCUT2D eigenvalue weighted by Crippen LogP contribution is -2.11. The molecule has 116 valence electrons. The first kappa shape index (κ1) is 15.0. The van der Waals surface area contributed by atoms with Crippen LogP contribution in [-0.2, 0) is 4.74 Å². The molecule has 23 heavy (non-hydrogen) atoms. The number of carbonyl (C=O) groups is 1. The fourth-order valence-electron chi connectivity index (χ4n) is 2.49. The number of hydrogen-bond donors (Lipinski definition) is 0. The third-order valence-electron chi connectivity index (χ3n) is 3.62. The van der Waals surface area contributed by atoms with Gasteiger partial charge in [0.2, 0.25) is 0 Å². The zero-order chi connectivity index (χ0) is 16.2. The molecule has 4 nitrogen and oxygen atoms in total. The molecule has 0 radical (unpaired) electrons. The molecule has 0 saturated carbocycles. The number of benzene rings is 2. The number of nitrogens with zero attached hydrogens (tertiary/aromatic N) is 2. The molecule has 0 unspecified atom stereocenters. The van der Waals surface area contributed by atoms with E-state index in [1.165, 1.54) is 0 Å². The van der Waals surface area contributed by atoms with Crippen LogP contribution in [0.15, 0.2) is 60.7 Å². The second-order valence-corrected chi connectivity index (χ2v) is 5.20. The van der Waals surface area contributed by atoms with Crippen molar-refractivity contribution in [2.24, 2.45) is 0 Å². The molecule has 3 rings (SSSR count). The Kier molecular flexibility index (Phi) is 4.24. The van der Waals surface area contributed by atoms with E-state index in [1.807, 2.05) is 61.5 Å². The number of aryl methyl sites for hydroxylation is 1. The molecular weight excluding hydrogens is 288 g/mol. The van der Waals surface area contributed by atoms with Crippen molar-refractivity contribution >= 4 is 5.97 Å². The van der Waals surface area contributed by atoms with Crippen molar-refractivity contribution in [2.75, 3.05) is 6.61 Å². The number of rotatable bonds is 4. The summed E-state index contributed by atoms with van der Waals surface area (Å²) in [6, 6.07) is 19.4. The van der Waals surface area contributed by atoms with Crippen molar-refractivity contribution in [1.82, 2.24) is 9.78 Å². The Morgan fingerprint density at radius 2 is 1.78 bits per heavy atom. The van der Waals surface area contributed by atoms with Gasteiger partial charge in [0.15, 0.2) is 5.69 Å². The first-order chi connectivity index (χ1) is 11.2. The Hall–Kier alpha value is -2.88. The van der Waals surface area contributed by atoms with E-state index in [4.69, 9.17) is 4.74 Å². The van der Waals surface area contributed by atoms with Gasteiger partial charge in [-0.05, 0) is 37.6 Å². The summed E-state index contributed by atoms with van der Waals surface area (Å²) < 4.78 is 6.81. The van der Waals surface area contributed by atoms with Crippen LogP contribution in [0.5, 0.6) is 0 Å². The first-order valence-electron chi connectivity index (χ1n) is 7.59. The Morgan fingerprint density at radius 1 is 1.09 bits per heavy atom. The Bertz CT molecular complexity index is 822. The molecule has 0 aliphatic carbocycles. The highest BCUT2D eigenvalue weighted by Gasteiger charge is 2.19. The van der Waals surface area contributed by atoms with Crippen LogP contribution in [0.25, 0.3) is 16.9 Å². The topological polar surface area (TPSA) is 44.1 Å². The molecule has 2 aromatic carbocycles. The molecule has 0 spiro atoms. The highest BCUT2D eigenvalue weighted by Crippen LogP contribution is 2.25. The molecule has 0 amide bonds. The van der Waals surface area contributed by atoms with Gasteiger partial charge in [-0.1, -0.05) is 42.5 Å². The highest BCUT2D eigenvalue weighted by atomic mass is 16.5. The summed E-state index contributed by atoms with van der Waals surface area (Å²) >= 11 is 0. The third kappa shape index (κ3) is 3.01. The molecule has 0 fully saturated rings. The summed E-state index contributed by atoms with van der Waals surface area (Å²) in [5.74, 6) is -0.372. The maximum Gasteiger partial charge on any atom is 0.357 e. The van der Waals surface area contributed by atoms with Gasteiger partial charge < -0.3 is 4.74 Å². The standard InChI is InChI=1S/C19H18N2O2/c1-3-23-19(22)18-13-17(16-12-8-7-9-14(16)2)20-21(18)15-10-5-4-6-11-15/h4-13H,3H2,1-2H3. The fraction of sp³-hybridized carbons (Fsp3) is 0.158. The summed E-state index contributed by atoms with van der Waals surface area (Å²) in [4.78, 5) is 12.3. The average molecular weight is 306 g/mol. The van der Waals surface area contributed by atoms with Gasteiger partial charge in [0.05, 0.1) is 18.0 Å². The summed E-state index contributed by atoms with van der Waals surface area (Å²) in [7, 11) is 0.